The van der Waals surface area contributed by atoms with Crippen LogP contribution in [-0.4, -0.2) is 48.8 Å². The predicted octanol–water partition coefficient (Wildman–Crippen LogP) is 11.9. The minimum Gasteiger partial charge on any atom is -0.490 e. The highest BCUT2D eigenvalue weighted by atomic mass is 32.1. The first-order chi connectivity index (χ1) is 30.4. The van der Waals surface area contributed by atoms with Crippen molar-refractivity contribution in [2.45, 2.75) is 55.1 Å². The zero-order valence-corrected chi connectivity index (χ0v) is 37.4. The van der Waals surface area contributed by atoms with Gasteiger partial charge in [-0.3, -0.25) is 9.98 Å². The van der Waals surface area contributed by atoms with Gasteiger partial charge in [0.1, 0.15) is 36.9 Å². The van der Waals surface area contributed by atoms with Crippen molar-refractivity contribution in [3.05, 3.63) is 192 Å². The van der Waals surface area contributed by atoms with Crippen LogP contribution in [0.4, 0.5) is 11.4 Å². The summed E-state index contributed by atoms with van der Waals surface area (Å²) in [6, 6.07) is 45.1. The molecule has 7 rings (SSSR count). The molecule has 2 atom stereocenters. The van der Waals surface area contributed by atoms with Gasteiger partial charge in [0.2, 0.25) is 0 Å². The van der Waals surface area contributed by atoms with E-state index in [1.807, 2.05) is 74.5 Å². The Morgan fingerprint density at radius 1 is 0.587 bits per heavy atom. The molecule has 0 fully saturated rings. The van der Waals surface area contributed by atoms with E-state index >= 15 is 0 Å². The molecular formula is C53H48N2O6S2. The quantitative estimate of drug-likeness (QED) is 0.0435. The summed E-state index contributed by atoms with van der Waals surface area (Å²) in [5.41, 5.74) is 11.1. The molecule has 1 aliphatic rings. The molecule has 0 spiro atoms. The lowest BCUT2D eigenvalue weighted by Crippen LogP contribution is -2.28. The molecule has 0 aromatic heterocycles. The van der Waals surface area contributed by atoms with Crippen LogP contribution >= 0.6 is 25.3 Å². The van der Waals surface area contributed by atoms with Crippen LogP contribution in [0, 0.1) is 0 Å². The molecule has 0 N–H and O–H groups in total. The average molecular weight is 873 g/mol. The molecule has 0 aliphatic heterocycles. The second-order valence-corrected chi connectivity index (χ2v) is 16.2. The fourth-order valence-corrected chi connectivity index (χ4v) is 8.32. The van der Waals surface area contributed by atoms with Crippen molar-refractivity contribution in [3.63, 3.8) is 0 Å². The normalized spacial score (nSPS) is 13.8. The minimum atomic E-state index is -0.689. The highest BCUT2D eigenvalue weighted by Gasteiger charge is 2.46. The van der Waals surface area contributed by atoms with Gasteiger partial charge in [-0.25, -0.2) is 9.59 Å². The van der Waals surface area contributed by atoms with Crippen LogP contribution in [0.25, 0.3) is 11.1 Å². The molecule has 0 amide bonds. The van der Waals surface area contributed by atoms with E-state index in [2.05, 4.69) is 86.0 Å². The van der Waals surface area contributed by atoms with E-state index in [0.29, 0.717) is 11.5 Å². The van der Waals surface area contributed by atoms with Crippen molar-refractivity contribution < 1.29 is 28.5 Å². The maximum absolute atomic E-state index is 11.5. The SMILES string of the molecule is C=CC(=O)OC(C)COc1ccc(/C(C)=N/c2ccc(C3(c4ccc(/N=C(\C)c5ccc(OCC(C)OC(=O)C=C)cc5)c(S)c4)c4ccccc4-c4ccccc43)cc2S)cc1. The third-order valence-corrected chi connectivity index (χ3v) is 11.5. The molecule has 6 aromatic carbocycles. The monoisotopic (exact) mass is 872 g/mol. The highest BCUT2D eigenvalue weighted by molar-refractivity contribution is 7.80. The molecular weight excluding hydrogens is 825 g/mol. The molecule has 0 bridgehead atoms. The number of ether oxygens (including phenoxy) is 4. The van der Waals surface area contributed by atoms with E-state index in [0.717, 1.165) is 78.1 Å². The van der Waals surface area contributed by atoms with E-state index in [4.69, 9.17) is 54.2 Å². The number of thiol groups is 2. The van der Waals surface area contributed by atoms with Crippen LogP contribution in [0.5, 0.6) is 11.5 Å². The molecule has 2 unspecified atom stereocenters. The minimum absolute atomic E-state index is 0.220. The number of benzene rings is 6. The van der Waals surface area contributed by atoms with Gasteiger partial charge in [-0.1, -0.05) is 73.8 Å². The Morgan fingerprint density at radius 3 is 1.33 bits per heavy atom. The lowest BCUT2D eigenvalue weighted by Gasteiger charge is -2.34. The van der Waals surface area contributed by atoms with Gasteiger partial charge in [0.15, 0.2) is 0 Å². The molecule has 0 heterocycles. The molecule has 0 saturated heterocycles. The Hall–Kier alpha value is -6.62. The third-order valence-electron chi connectivity index (χ3n) is 10.8. The largest absolute Gasteiger partial charge is 0.490 e. The van der Waals surface area contributed by atoms with Crippen LogP contribution in [0.2, 0.25) is 0 Å². The first-order valence-corrected chi connectivity index (χ1v) is 21.4. The van der Waals surface area contributed by atoms with Gasteiger partial charge in [0, 0.05) is 33.4 Å². The van der Waals surface area contributed by atoms with Crippen LogP contribution in [-0.2, 0) is 24.5 Å². The first kappa shape index (κ1) is 44.4. The number of carbonyl (C=O) groups excluding carboxylic acids is 2. The molecule has 10 heteroatoms. The number of carbonyl (C=O) groups is 2. The van der Waals surface area contributed by atoms with Gasteiger partial charge in [-0.05, 0) is 145 Å². The van der Waals surface area contributed by atoms with Crippen LogP contribution in [0.1, 0.15) is 61.1 Å². The van der Waals surface area contributed by atoms with Crippen LogP contribution in [0.3, 0.4) is 0 Å². The Balaban J connectivity index is 1.18. The molecule has 318 valence electrons. The fourth-order valence-electron chi connectivity index (χ4n) is 7.79. The Labute approximate surface area is 379 Å². The van der Waals surface area contributed by atoms with Crippen LogP contribution in [0.15, 0.2) is 179 Å². The van der Waals surface area contributed by atoms with Gasteiger partial charge in [0.05, 0.1) is 16.8 Å². The molecule has 8 nitrogen and oxygen atoms in total. The van der Waals surface area contributed by atoms with E-state index in [-0.39, 0.29) is 13.2 Å². The summed E-state index contributed by atoms with van der Waals surface area (Å²) in [6.07, 6.45) is 1.44. The second kappa shape index (κ2) is 19.6. The lowest BCUT2D eigenvalue weighted by atomic mass is 9.67. The zero-order valence-electron chi connectivity index (χ0n) is 35.6. The van der Waals surface area contributed by atoms with E-state index < -0.39 is 29.6 Å². The summed E-state index contributed by atoms with van der Waals surface area (Å²) in [5.74, 6) is 0.345. The topological polar surface area (TPSA) is 95.8 Å². The van der Waals surface area contributed by atoms with E-state index in [1.54, 1.807) is 13.8 Å². The van der Waals surface area contributed by atoms with Gasteiger partial charge in [0.25, 0.3) is 0 Å². The van der Waals surface area contributed by atoms with Crippen molar-refractivity contribution in [1.29, 1.82) is 0 Å². The van der Waals surface area contributed by atoms with E-state index in [9.17, 15) is 9.59 Å². The van der Waals surface area contributed by atoms with Crippen molar-refractivity contribution in [2.75, 3.05) is 13.2 Å². The van der Waals surface area contributed by atoms with Gasteiger partial charge < -0.3 is 18.9 Å². The number of rotatable bonds is 16. The summed E-state index contributed by atoms with van der Waals surface area (Å²) < 4.78 is 22.0. The Morgan fingerprint density at radius 2 is 0.968 bits per heavy atom. The van der Waals surface area contributed by atoms with Gasteiger partial charge in [-0.2, -0.15) is 0 Å². The maximum Gasteiger partial charge on any atom is 0.330 e. The summed E-state index contributed by atoms with van der Waals surface area (Å²) in [5, 5.41) is 0. The number of aliphatic imine (C=N–C) groups is 2. The first-order valence-electron chi connectivity index (χ1n) is 20.5. The summed E-state index contributed by atoms with van der Waals surface area (Å²) in [6.45, 7) is 14.8. The average Bonchev–Trinajstić information content (AvgIpc) is 3.60. The van der Waals surface area contributed by atoms with Crippen molar-refractivity contribution in [3.8, 4) is 22.6 Å². The van der Waals surface area contributed by atoms with Crippen molar-refractivity contribution in [1.82, 2.24) is 0 Å². The Bertz CT molecular complexity index is 2550. The number of esters is 2. The third kappa shape index (κ3) is 9.73. The lowest BCUT2D eigenvalue weighted by molar-refractivity contribution is -0.144. The summed E-state index contributed by atoms with van der Waals surface area (Å²) in [4.78, 5) is 34.5. The number of fused-ring (bicyclic) bond motifs is 3. The predicted molar refractivity (Wildman–Crippen MR) is 257 cm³/mol. The highest BCUT2D eigenvalue weighted by Crippen LogP contribution is 2.57. The fraction of sp³-hybridized carbons (Fsp3) is 0.170. The van der Waals surface area contributed by atoms with Gasteiger partial charge in [-0.15, -0.1) is 25.3 Å². The Kier molecular flexibility index (Phi) is 13.8. The molecule has 6 aromatic rings. The molecule has 63 heavy (non-hydrogen) atoms. The number of hydrogen-bond acceptors (Lipinski definition) is 10. The van der Waals surface area contributed by atoms with Crippen LogP contribution < -0.4 is 9.47 Å². The summed E-state index contributed by atoms with van der Waals surface area (Å²) in [7, 11) is 0. The summed E-state index contributed by atoms with van der Waals surface area (Å²) >= 11 is 10.1. The maximum atomic E-state index is 11.5. The molecule has 0 radical (unpaired) electrons. The molecule has 0 saturated carbocycles. The van der Waals surface area contributed by atoms with E-state index in [1.165, 1.54) is 11.1 Å². The molecule has 1 aliphatic carbocycles. The van der Waals surface area contributed by atoms with Crippen molar-refractivity contribution >= 4 is 60.0 Å². The number of hydrogen-bond donors (Lipinski definition) is 2. The standard InChI is InChI=1S/C53H48N2O6S2/c1-7-51(56)60-33(3)31-58-41-23-17-37(18-24-41)35(5)54-47-27-21-39(29-49(47)62)53(45-15-11-9-13-43(45)44-14-10-12-16-46(44)53)40-22-28-48(50(63)30-40)55-36(6)38-19-25-42(26-20-38)59-32-34(4)61-52(57)8-2/h7-30,33-34,62-63H,1-2,31-32H2,3-6H3/b54-35+,55-36+. The smallest absolute Gasteiger partial charge is 0.330 e. The second-order valence-electron chi connectivity index (χ2n) is 15.2. The zero-order chi connectivity index (χ0) is 44.7. The van der Waals surface area contributed by atoms with Crippen molar-refractivity contribution in [2.24, 2.45) is 9.98 Å². The van der Waals surface area contributed by atoms with Gasteiger partial charge >= 0.3 is 11.9 Å². The number of nitrogens with zero attached hydrogens (tertiary/aromatic N) is 2.